The Morgan fingerprint density at radius 2 is 1.75 bits per heavy atom. The number of carbonyl (C=O) groups is 2. The van der Waals surface area contributed by atoms with Crippen molar-refractivity contribution in [3.63, 3.8) is 0 Å². The molecule has 0 spiro atoms. The zero-order chi connectivity index (χ0) is 22.5. The molecular formula is C26H28N4O2. The van der Waals surface area contributed by atoms with Crippen LogP contribution in [0.1, 0.15) is 35.1 Å². The predicted octanol–water partition coefficient (Wildman–Crippen LogP) is 3.76. The first kappa shape index (κ1) is 21.7. The van der Waals surface area contributed by atoms with Gasteiger partial charge in [0, 0.05) is 32.3 Å². The quantitative estimate of drug-likeness (QED) is 0.600. The second-order valence-corrected chi connectivity index (χ2v) is 8.11. The van der Waals surface area contributed by atoms with Gasteiger partial charge in [-0.25, -0.2) is 4.98 Å². The topological polar surface area (TPSA) is 66.4 Å². The van der Waals surface area contributed by atoms with Crippen molar-refractivity contribution < 1.29 is 9.59 Å². The van der Waals surface area contributed by atoms with Crippen LogP contribution in [0.4, 0.5) is 0 Å². The van der Waals surface area contributed by atoms with Crippen LogP contribution in [0, 0.1) is 6.92 Å². The monoisotopic (exact) mass is 428 g/mol. The molecule has 1 atom stereocenters. The van der Waals surface area contributed by atoms with Gasteiger partial charge in [0.15, 0.2) is 0 Å². The van der Waals surface area contributed by atoms with Gasteiger partial charge in [-0.05, 0) is 30.0 Å². The smallest absolute Gasteiger partial charge is 0.274 e. The summed E-state index contributed by atoms with van der Waals surface area (Å²) < 4.78 is 0. The second kappa shape index (κ2) is 9.73. The fourth-order valence-electron chi connectivity index (χ4n) is 4.23. The van der Waals surface area contributed by atoms with Crippen molar-refractivity contribution >= 4 is 11.8 Å². The maximum atomic E-state index is 13.5. The molecule has 0 bridgehead atoms. The summed E-state index contributed by atoms with van der Waals surface area (Å²) in [6, 6.07) is 17.7. The highest BCUT2D eigenvalue weighted by Crippen LogP contribution is 2.27. The number of hydrogen-bond acceptors (Lipinski definition) is 4. The zero-order valence-corrected chi connectivity index (χ0v) is 18.6. The first-order valence-corrected chi connectivity index (χ1v) is 11.1. The van der Waals surface area contributed by atoms with E-state index in [9.17, 15) is 9.59 Å². The first-order chi connectivity index (χ1) is 15.6. The number of nitrogens with zero attached hydrogens (tertiary/aromatic N) is 4. The minimum atomic E-state index is -0.573. The molecular weight excluding hydrogens is 400 g/mol. The largest absolute Gasteiger partial charge is 0.339 e. The fraction of sp³-hybridized carbons (Fsp3) is 0.308. The molecule has 6 heteroatoms. The van der Waals surface area contributed by atoms with E-state index in [0.717, 1.165) is 28.8 Å². The van der Waals surface area contributed by atoms with Gasteiger partial charge in [-0.3, -0.25) is 14.6 Å². The Bertz CT molecular complexity index is 1080. The summed E-state index contributed by atoms with van der Waals surface area (Å²) in [7, 11) is 0. The number of rotatable bonds is 6. The Morgan fingerprint density at radius 3 is 2.47 bits per heavy atom. The highest BCUT2D eigenvalue weighted by atomic mass is 16.2. The highest BCUT2D eigenvalue weighted by Gasteiger charge is 2.38. The summed E-state index contributed by atoms with van der Waals surface area (Å²) >= 11 is 0. The van der Waals surface area contributed by atoms with Crippen LogP contribution in [0.15, 0.2) is 67.0 Å². The van der Waals surface area contributed by atoms with Gasteiger partial charge in [0.2, 0.25) is 5.91 Å². The number of piperazine rings is 1. The van der Waals surface area contributed by atoms with Crippen molar-refractivity contribution in [1.82, 2.24) is 19.8 Å². The molecule has 0 N–H and O–H groups in total. The molecule has 1 aliphatic rings. The molecule has 1 fully saturated rings. The Hall–Kier alpha value is -3.54. The minimum Gasteiger partial charge on any atom is -0.339 e. The van der Waals surface area contributed by atoms with E-state index in [0.29, 0.717) is 26.1 Å². The van der Waals surface area contributed by atoms with Crippen molar-refractivity contribution in [2.75, 3.05) is 19.6 Å². The number of amides is 2. The summed E-state index contributed by atoms with van der Waals surface area (Å²) in [4.78, 5) is 38.8. The SMILES string of the molecule is CCCN1CCN(C(=O)c2cnc(C)cn2)[C@@H](Cc2ccccc2-c2ccccc2)C1=O. The number of benzene rings is 2. The predicted molar refractivity (Wildman–Crippen MR) is 124 cm³/mol. The van der Waals surface area contributed by atoms with Gasteiger partial charge in [-0.2, -0.15) is 0 Å². The summed E-state index contributed by atoms with van der Waals surface area (Å²) in [6.07, 6.45) is 4.42. The molecule has 2 amide bonds. The van der Waals surface area contributed by atoms with E-state index < -0.39 is 6.04 Å². The standard InChI is InChI=1S/C26H28N4O2/c1-3-13-29-14-15-30(25(31)23-18-27-19(2)17-28-23)24(26(29)32)16-21-11-7-8-12-22(21)20-9-5-4-6-10-20/h4-12,17-18,24H,3,13-16H2,1-2H3/t24-/m0/s1. The average Bonchev–Trinajstić information content (AvgIpc) is 2.83. The lowest BCUT2D eigenvalue weighted by Gasteiger charge is -2.40. The van der Waals surface area contributed by atoms with Gasteiger partial charge < -0.3 is 9.80 Å². The summed E-state index contributed by atoms with van der Waals surface area (Å²) in [5.41, 5.74) is 4.24. The van der Waals surface area contributed by atoms with Gasteiger partial charge in [-0.15, -0.1) is 0 Å². The Kier molecular flexibility index (Phi) is 6.59. The number of aromatic nitrogens is 2. The Labute approximate surface area is 188 Å². The molecule has 1 saturated heterocycles. The normalized spacial score (nSPS) is 16.3. The molecule has 3 aromatic rings. The molecule has 164 valence electrons. The minimum absolute atomic E-state index is 0.00520. The zero-order valence-electron chi connectivity index (χ0n) is 18.6. The number of aryl methyl sites for hydroxylation is 1. The molecule has 0 saturated carbocycles. The third-order valence-electron chi connectivity index (χ3n) is 5.85. The first-order valence-electron chi connectivity index (χ1n) is 11.1. The second-order valence-electron chi connectivity index (χ2n) is 8.11. The molecule has 1 aliphatic heterocycles. The molecule has 6 nitrogen and oxygen atoms in total. The van der Waals surface area contributed by atoms with E-state index in [1.807, 2.05) is 48.2 Å². The van der Waals surface area contributed by atoms with Crippen LogP contribution in [0.5, 0.6) is 0 Å². The van der Waals surface area contributed by atoms with E-state index >= 15 is 0 Å². The molecule has 0 unspecified atom stereocenters. The van der Waals surface area contributed by atoms with Crippen molar-refractivity contribution in [2.24, 2.45) is 0 Å². The van der Waals surface area contributed by atoms with Gasteiger partial charge >= 0.3 is 0 Å². The third kappa shape index (κ3) is 4.54. The number of carbonyl (C=O) groups excluding carboxylic acids is 2. The Balaban J connectivity index is 1.68. The van der Waals surface area contributed by atoms with Crippen molar-refractivity contribution in [2.45, 2.75) is 32.7 Å². The molecule has 32 heavy (non-hydrogen) atoms. The molecule has 2 heterocycles. The summed E-state index contributed by atoms with van der Waals surface area (Å²) in [6.45, 7) is 5.61. The van der Waals surface area contributed by atoms with Gasteiger partial charge in [0.25, 0.3) is 5.91 Å². The lowest BCUT2D eigenvalue weighted by molar-refractivity contribution is -0.140. The van der Waals surface area contributed by atoms with E-state index in [1.165, 1.54) is 6.20 Å². The van der Waals surface area contributed by atoms with Crippen molar-refractivity contribution in [3.8, 4) is 11.1 Å². The molecule has 4 rings (SSSR count). The van der Waals surface area contributed by atoms with E-state index in [-0.39, 0.29) is 17.5 Å². The maximum absolute atomic E-state index is 13.5. The maximum Gasteiger partial charge on any atom is 0.274 e. The van der Waals surface area contributed by atoms with Gasteiger partial charge in [0.1, 0.15) is 11.7 Å². The van der Waals surface area contributed by atoms with Crippen molar-refractivity contribution in [3.05, 3.63) is 83.9 Å². The van der Waals surface area contributed by atoms with Crippen LogP contribution in [-0.2, 0) is 11.2 Å². The summed E-state index contributed by atoms with van der Waals surface area (Å²) in [5.74, 6) is -0.251. The highest BCUT2D eigenvalue weighted by molar-refractivity contribution is 5.97. The van der Waals surface area contributed by atoms with E-state index in [1.54, 1.807) is 11.1 Å². The lowest BCUT2D eigenvalue weighted by atomic mass is 9.93. The van der Waals surface area contributed by atoms with Gasteiger partial charge in [-0.1, -0.05) is 61.5 Å². The van der Waals surface area contributed by atoms with Gasteiger partial charge in [0.05, 0.1) is 11.9 Å². The Morgan fingerprint density at radius 1 is 1.00 bits per heavy atom. The average molecular weight is 429 g/mol. The fourth-order valence-corrected chi connectivity index (χ4v) is 4.23. The van der Waals surface area contributed by atoms with E-state index in [2.05, 4.69) is 35.1 Å². The van der Waals surface area contributed by atoms with Crippen LogP contribution in [-0.4, -0.2) is 57.3 Å². The van der Waals surface area contributed by atoms with E-state index in [4.69, 9.17) is 0 Å². The lowest BCUT2D eigenvalue weighted by Crippen LogP contribution is -2.59. The molecule has 0 radical (unpaired) electrons. The number of hydrogen-bond donors (Lipinski definition) is 0. The van der Waals surface area contributed by atoms with Crippen molar-refractivity contribution in [1.29, 1.82) is 0 Å². The molecule has 1 aromatic heterocycles. The third-order valence-corrected chi connectivity index (χ3v) is 5.85. The van der Waals surface area contributed by atoms with Crippen LogP contribution < -0.4 is 0 Å². The van der Waals surface area contributed by atoms with Crippen LogP contribution in [0.3, 0.4) is 0 Å². The van der Waals surface area contributed by atoms with Crippen LogP contribution in [0.25, 0.3) is 11.1 Å². The molecule has 2 aromatic carbocycles. The van der Waals surface area contributed by atoms with Crippen LogP contribution >= 0.6 is 0 Å². The van der Waals surface area contributed by atoms with Crippen LogP contribution in [0.2, 0.25) is 0 Å². The summed E-state index contributed by atoms with van der Waals surface area (Å²) in [5, 5.41) is 0. The molecule has 0 aliphatic carbocycles.